The van der Waals surface area contributed by atoms with Crippen LogP contribution in [-0.2, 0) is 0 Å². The molecule has 0 aliphatic rings. The smallest absolute Gasteiger partial charge is 0.137 e. The third-order valence-electron chi connectivity index (χ3n) is 3.75. The van der Waals surface area contributed by atoms with E-state index in [1.54, 1.807) is 0 Å². The van der Waals surface area contributed by atoms with Gasteiger partial charge in [-0.15, -0.1) is 0 Å². The third-order valence-corrected chi connectivity index (χ3v) is 3.75. The number of rotatable bonds is 8. The normalized spacial score (nSPS) is 11.1. The van der Waals surface area contributed by atoms with Gasteiger partial charge in [0.2, 0.25) is 0 Å². The summed E-state index contributed by atoms with van der Waals surface area (Å²) in [5.41, 5.74) is 6.93. The van der Waals surface area contributed by atoms with Gasteiger partial charge in [0.25, 0.3) is 0 Å². The minimum atomic E-state index is 0.592. The molecule has 0 spiro atoms. The molecule has 1 aromatic rings. The van der Waals surface area contributed by atoms with Crippen LogP contribution >= 0.6 is 0 Å². The number of anilines is 2. The minimum absolute atomic E-state index is 0.592. The Hall–Kier alpha value is -1.36. The third kappa shape index (κ3) is 4.34. The Morgan fingerprint density at radius 1 is 0.950 bits per heavy atom. The standard InChI is InChI=1S/C15H29N5/c1-6-19(7-2)10-9-11-20(8-3)15-12(4)14(16)17-13(5)18-15/h6-11H2,1-5H3,(H2,16,17,18). The Kier molecular flexibility index (Phi) is 6.71. The van der Waals surface area contributed by atoms with E-state index in [0.29, 0.717) is 5.82 Å². The highest BCUT2D eigenvalue weighted by Gasteiger charge is 2.13. The van der Waals surface area contributed by atoms with Gasteiger partial charge in [-0.05, 0) is 46.8 Å². The van der Waals surface area contributed by atoms with Gasteiger partial charge >= 0.3 is 0 Å². The first-order chi connectivity index (χ1) is 9.53. The molecular formula is C15H29N5. The van der Waals surface area contributed by atoms with Crippen molar-refractivity contribution in [3.63, 3.8) is 0 Å². The molecule has 2 N–H and O–H groups in total. The highest BCUT2D eigenvalue weighted by Crippen LogP contribution is 2.21. The lowest BCUT2D eigenvalue weighted by Gasteiger charge is -2.26. The fourth-order valence-electron chi connectivity index (χ4n) is 2.38. The molecule has 20 heavy (non-hydrogen) atoms. The van der Waals surface area contributed by atoms with Gasteiger partial charge in [-0.3, -0.25) is 0 Å². The molecule has 0 amide bonds. The number of aryl methyl sites for hydroxylation is 1. The van der Waals surface area contributed by atoms with Crippen LogP contribution in [0.2, 0.25) is 0 Å². The van der Waals surface area contributed by atoms with Crippen LogP contribution in [0.3, 0.4) is 0 Å². The Labute approximate surface area is 123 Å². The molecular weight excluding hydrogens is 250 g/mol. The Morgan fingerprint density at radius 3 is 2.15 bits per heavy atom. The predicted molar refractivity (Wildman–Crippen MR) is 86.2 cm³/mol. The van der Waals surface area contributed by atoms with E-state index in [1.165, 1.54) is 0 Å². The van der Waals surface area contributed by atoms with Crippen LogP contribution in [0.25, 0.3) is 0 Å². The van der Waals surface area contributed by atoms with Gasteiger partial charge in [0.15, 0.2) is 0 Å². The molecule has 114 valence electrons. The summed E-state index contributed by atoms with van der Waals surface area (Å²) >= 11 is 0. The van der Waals surface area contributed by atoms with Gasteiger partial charge in [0.05, 0.1) is 0 Å². The zero-order valence-electron chi connectivity index (χ0n) is 13.6. The molecule has 0 atom stereocenters. The van der Waals surface area contributed by atoms with Crippen molar-refractivity contribution in [3.05, 3.63) is 11.4 Å². The lowest BCUT2D eigenvalue weighted by molar-refractivity contribution is 0.300. The SMILES string of the molecule is CCN(CC)CCCN(CC)c1nc(C)nc(N)c1C. The van der Waals surface area contributed by atoms with E-state index >= 15 is 0 Å². The summed E-state index contributed by atoms with van der Waals surface area (Å²) in [5, 5.41) is 0. The number of nitrogens with two attached hydrogens (primary N) is 1. The molecule has 0 radical (unpaired) electrons. The molecule has 0 aromatic carbocycles. The molecule has 0 fully saturated rings. The second-order valence-electron chi connectivity index (χ2n) is 5.06. The van der Waals surface area contributed by atoms with Crippen LogP contribution in [0.4, 0.5) is 11.6 Å². The Bertz CT molecular complexity index is 415. The van der Waals surface area contributed by atoms with Gasteiger partial charge in [-0.2, -0.15) is 0 Å². The summed E-state index contributed by atoms with van der Waals surface area (Å²) in [6.07, 6.45) is 1.14. The summed E-state index contributed by atoms with van der Waals surface area (Å²) in [5.74, 6) is 2.32. The van der Waals surface area contributed by atoms with Crippen LogP contribution in [0.1, 0.15) is 38.6 Å². The molecule has 0 aliphatic carbocycles. The summed E-state index contributed by atoms with van der Waals surface area (Å²) < 4.78 is 0. The molecule has 0 bridgehead atoms. The van der Waals surface area contributed by atoms with Crippen LogP contribution in [0.15, 0.2) is 0 Å². The van der Waals surface area contributed by atoms with Crippen molar-refractivity contribution >= 4 is 11.6 Å². The topological polar surface area (TPSA) is 58.3 Å². The molecule has 1 heterocycles. The van der Waals surface area contributed by atoms with E-state index in [-0.39, 0.29) is 0 Å². The molecule has 0 saturated heterocycles. The molecule has 5 heteroatoms. The van der Waals surface area contributed by atoms with E-state index in [0.717, 1.165) is 56.4 Å². The fraction of sp³-hybridized carbons (Fsp3) is 0.733. The summed E-state index contributed by atoms with van der Waals surface area (Å²) in [7, 11) is 0. The number of hydrogen-bond donors (Lipinski definition) is 1. The molecule has 5 nitrogen and oxygen atoms in total. The van der Waals surface area contributed by atoms with Crippen LogP contribution in [0.5, 0.6) is 0 Å². The molecule has 0 saturated carbocycles. The average molecular weight is 279 g/mol. The summed E-state index contributed by atoms with van der Waals surface area (Å²) in [6, 6.07) is 0. The van der Waals surface area contributed by atoms with Crippen LogP contribution < -0.4 is 10.6 Å². The number of hydrogen-bond acceptors (Lipinski definition) is 5. The van der Waals surface area contributed by atoms with E-state index in [4.69, 9.17) is 5.73 Å². The highest BCUT2D eigenvalue weighted by atomic mass is 15.2. The number of aromatic nitrogens is 2. The Balaban J connectivity index is 2.71. The highest BCUT2D eigenvalue weighted by molar-refractivity contribution is 5.56. The minimum Gasteiger partial charge on any atom is -0.383 e. The van der Waals surface area contributed by atoms with E-state index < -0.39 is 0 Å². The molecule has 1 aromatic heterocycles. The van der Waals surface area contributed by atoms with Gasteiger partial charge in [-0.25, -0.2) is 9.97 Å². The van der Waals surface area contributed by atoms with E-state index in [2.05, 4.69) is 40.5 Å². The van der Waals surface area contributed by atoms with Crippen LogP contribution in [0, 0.1) is 13.8 Å². The monoisotopic (exact) mass is 279 g/mol. The van der Waals surface area contributed by atoms with Crippen LogP contribution in [-0.4, -0.2) is 47.6 Å². The van der Waals surface area contributed by atoms with E-state index in [9.17, 15) is 0 Å². The van der Waals surface area contributed by atoms with Crippen molar-refractivity contribution < 1.29 is 0 Å². The van der Waals surface area contributed by atoms with E-state index in [1.807, 2.05) is 13.8 Å². The summed E-state index contributed by atoms with van der Waals surface area (Å²) in [4.78, 5) is 13.5. The maximum atomic E-state index is 5.95. The van der Waals surface area contributed by atoms with Crippen molar-refractivity contribution in [2.24, 2.45) is 0 Å². The first-order valence-corrected chi connectivity index (χ1v) is 7.61. The first-order valence-electron chi connectivity index (χ1n) is 7.61. The Morgan fingerprint density at radius 2 is 1.60 bits per heavy atom. The maximum absolute atomic E-state index is 5.95. The van der Waals surface area contributed by atoms with Gasteiger partial charge < -0.3 is 15.5 Å². The van der Waals surface area contributed by atoms with Crippen molar-refractivity contribution in [2.75, 3.05) is 43.4 Å². The summed E-state index contributed by atoms with van der Waals surface area (Å²) in [6.45, 7) is 15.8. The van der Waals surface area contributed by atoms with Gasteiger partial charge in [0, 0.05) is 18.7 Å². The first kappa shape index (κ1) is 16.7. The van der Waals surface area contributed by atoms with Crippen molar-refractivity contribution in [1.82, 2.24) is 14.9 Å². The quantitative estimate of drug-likeness (QED) is 0.791. The lowest BCUT2D eigenvalue weighted by Crippen LogP contribution is -2.31. The second kappa shape index (κ2) is 8.04. The maximum Gasteiger partial charge on any atom is 0.137 e. The molecule has 0 aliphatic heterocycles. The zero-order valence-corrected chi connectivity index (χ0v) is 13.6. The van der Waals surface area contributed by atoms with Gasteiger partial charge in [0.1, 0.15) is 17.5 Å². The molecule has 0 unspecified atom stereocenters. The number of nitrogens with zero attached hydrogens (tertiary/aromatic N) is 4. The van der Waals surface area contributed by atoms with Crippen molar-refractivity contribution in [3.8, 4) is 0 Å². The number of nitrogen functional groups attached to an aromatic ring is 1. The lowest BCUT2D eigenvalue weighted by atomic mass is 10.2. The van der Waals surface area contributed by atoms with Gasteiger partial charge in [-0.1, -0.05) is 13.8 Å². The van der Waals surface area contributed by atoms with Crippen molar-refractivity contribution in [1.29, 1.82) is 0 Å². The average Bonchev–Trinajstić information content (AvgIpc) is 2.43. The predicted octanol–water partition coefficient (Wildman–Crippen LogP) is 2.23. The van der Waals surface area contributed by atoms with Crippen molar-refractivity contribution in [2.45, 2.75) is 41.0 Å². The zero-order chi connectivity index (χ0) is 15.1. The largest absolute Gasteiger partial charge is 0.383 e. The molecule has 1 rings (SSSR count). The fourth-order valence-corrected chi connectivity index (χ4v) is 2.38. The second-order valence-corrected chi connectivity index (χ2v) is 5.06.